The standard InChI is InChI=1S/C13H14N2O7/c1-20-12(18)7-4-9-10(22-6-21-9)5-8(7)15-13(19)14-3-2-11(16)17/h4-5H,2-3,6H2,1H3,(H,16,17)(H2,14,15,19). The Morgan fingerprint density at radius 3 is 2.59 bits per heavy atom. The van der Waals surface area contributed by atoms with Crippen molar-refractivity contribution in [2.45, 2.75) is 6.42 Å². The number of urea groups is 1. The molecule has 1 aromatic carbocycles. The molecule has 1 aromatic rings. The summed E-state index contributed by atoms with van der Waals surface area (Å²) >= 11 is 0. The minimum absolute atomic E-state index is 0.0181. The lowest BCUT2D eigenvalue weighted by Gasteiger charge is -2.11. The average Bonchev–Trinajstić information content (AvgIpc) is 2.92. The van der Waals surface area contributed by atoms with Gasteiger partial charge in [0.25, 0.3) is 0 Å². The lowest BCUT2D eigenvalue weighted by molar-refractivity contribution is -0.136. The summed E-state index contributed by atoms with van der Waals surface area (Å²) in [4.78, 5) is 33.9. The van der Waals surface area contributed by atoms with Gasteiger partial charge in [0.15, 0.2) is 11.5 Å². The molecule has 1 aliphatic heterocycles. The molecule has 0 bridgehead atoms. The maximum atomic E-state index is 11.8. The van der Waals surface area contributed by atoms with Gasteiger partial charge in [-0.1, -0.05) is 0 Å². The SMILES string of the molecule is COC(=O)c1cc2c(cc1NC(=O)NCCC(=O)O)OCO2. The topological polar surface area (TPSA) is 123 Å². The third-order valence-corrected chi connectivity index (χ3v) is 2.79. The van der Waals surface area contributed by atoms with E-state index in [1.807, 2.05) is 0 Å². The summed E-state index contributed by atoms with van der Waals surface area (Å²) in [5, 5.41) is 13.3. The van der Waals surface area contributed by atoms with Crippen molar-refractivity contribution in [3.63, 3.8) is 0 Å². The first-order valence-corrected chi connectivity index (χ1v) is 6.30. The fourth-order valence-electron chi connectivity index (χ4n) is 1.77. The monoisotopic (exact) mass is 310 g/mol. The number of ether oxygens (including phenoxy) is 3. The van der Waals surface area contributed by atoms with Crippen LogP contribution in [0.15, 0.2) is 12.1 Å². The Labute approximate surface area is 125 Å². The minimum Gasteiger partial charge on any atom is -0.481 e. The second kappa shape index (κ2) is 6.66. The van der Waals surface area contributed by atoms with Crippen molar-refractivity contribution in [2.75, 3.05) is 25.8 Å². The van der Waals surface area contributed by atoms with Gasteiger partial charge in [-0.2, -0.15) is 0 Å². The maximum Gasteiger partial charge on any atom is 0.340 e. The Morgan fingerprint density at radius 1 is 1.27 bits per heavy atom. The molecule has 2 rings (SSSR count). The van der Waals surface area contributed by atoms with Crippen LogP contribution < -0.4 is 20.1 Å². The Kier molecular flexibility index (Phi) is 4.66. The van der Waals surface area contributed by atoms with E-state index in [1.165, 1.54) is 19.2 Å². The van der Waals surface area contributed by atoms with Crippen molar-refractivity contribution >= 4 is 23.7 Å². The number of benzene rings is 1. The zero-order chi connectivity index (χ0) is 16.1. The number of carbonyl (C=O) groups is 3. The third-order valence-electron chi connectivity index (χ3n) is 2.79. The molecule has 0 atom stereocenters. The number of carboxylic acid groups (broad SMARTS) is 1. The van der Waals surface area contributed by atoms with E-state index in [0.29, 0.717) is 11.5 Å². The van der Waals surface area contributed by atoms with E-state index in [9.17, 15) is 14.4 Å². The number of carboxylic acids is 1. The highest BCUT2D eigenvalue weighted by molar-refractivity contribution is 6.01. The number of rotatable bonds is 5. The number of carbonyl (C=O) groups excluding carboxylic acids is 2. The quantitative estimate of drug-likeness (QED) is 0.687. The summed E-state index contributed by atoms with van der Waals surface area (Å²) in [6.45, 7) is -0.0243. The fraction of sp³-hybridized carbons (Fsp3) is 0.308. The molecular weight excluding hydrogens is 296 g/mol. The first-order valence-electron chi connectivity index (χ1n) is 6.30. The van der Waals surface area contributed by atoms with E-state index in [1.54, 1.807) is 0 Å². The van der Waals surface area contributed by atoms with E-state index in [0.717, 1.165) is 0 Å². The van der Waals surface area contributed by atoms with Gasteiger partial charge >= 0.3 is 18.0 Å². The Balaban J connectivity index is 2.13. The van der Waals surface area contributed by atoms with E-state index >= 15 is 0 Å². The molecule has 1 heterocycles. The predicted molar refractivity (Wildman–Crippen MR) is 73.2 cm³/mol. The molecule has 0 spiro atoms. The fourth-order valence-corrected chi connectivity index (χ4v) is 1.77. The van der Waals surface area contributed by atoms with Crippen LogP contribution in [-0.2, 0) is 9.53 Å². The van der Waals surface area contributed by atoms with Crippen LogP contribution in [-0.4, -0.2) is 43.5 Å². The molecule has 9 nitrogen and oxygen atoms in total. The lowest BCUT2D eigenvalue weighted by Crippen LogP contribution is -2.31. The number of fused-ring (bicyclic) bond motifs is 1. The molecule has 118 valence electrons. The Bertz CT molecular complexity index is 615. The number of amides is 2. The van der Waals surface area contributed by atoms with Gasteiger partial charge in [0.05, 0.1) is 24.8 Å². The van der Waals surface area contributed by atoms with Crippen LogP contribution in [0.1, 0.15) is 16.8 Å². The van der Waals surface area contributed by atoms with E-state index in [4.69, 9.17) is 14.6 Å². The summed E-state index contributed by atoms with van der Waals surface area (Å²) in [7, 11) is 1.21. The van der Waals surface area contributed by atoms with Gasteiger partial charge in [0.2, 0.25) is 6.79 Å². The number of aliphatic carboxylic acids is 1. The van der Waals surface area contributed by atoms with Gasteiger partial charge < -0.3 is 30.0 Å². The van der Waals surface area contributed by atoms with Crippen LogP contribution in [0.5, 0.6) is 11.5 Å². The second-order valence-corrected chi connectivity index (χ2v) is 4.27. The number of hydrogen-bond donors (Lipinski definition) is 3. The normalized spacial score (nSPS) is 11.7. The Hall–Kier alpha value is -2.97. The number of esters is 1. The number of nitrogens with one attached hydrogen (secondary N) is 2. The van der Waals surface area contributed by atoms with Crippen LogP contribution in [0.3, 0.4) is 0 Å². The van der Waals surface area contributed by atoms with E-state index in [2.05, 4.69) is 15.4 Å². The molecule has 22 heavy (non-hydrogen) atoms. The zero-order valence-corrected chi connectivity index (χ0v) is 11.7. The van der Waals surface area contributed by atoms with Crippen molar-refractivity contribution in [2.24, 2.45) is 0 Å². The van der Waals surface area contributed by atoms with Crippen molar-refractivity contribution in [3.05, 3.63) is 17.7 Å². The number of methoxy groups -OCH3 is 1. The number of hydrogen-bond acceptors (Lipinski definition) is 6. The predicted octanol–water partition coefficient (Wildman–Crippen LogP) is 0.798. The van der Waals surface area contributed by atoms with Crippen molar-refractivity contribution in [1.82, 2.24) is 5.32 Å². The minimum atomic E-state index is -1.03. The summed E-state index contributed by atoms with van der Waals surface area (Å²) in [6, 6.07) is 2.19. The molecule has 0 saturated heterocycles. The highest BCUT2D eigenvalue weighted by Crippen LogP contribution is 2.37. The van der Waals surface area contributed by atoms with Crippen LogP contribution >= 0.6 is 0 Å². The smallest absolute Gasteiger partial charge is 0.340 e. The summed E-state index contributed by atoms with van der Waals surface area (Å²) < 4.78 is 15.0. The first kappa shape index (κ1) is 15.4. The molecule has 0 saturated carbocycles. The molecule has 2 amide bonds. The van der Waals surface area contributed by atoms with Gasteiger partial charge in [-0.25, -0.2) is 9.59 Å². The largest absolute Gasteiger partial charge is 0.481 e. The highest BCUT2D eigenvalue weighted by atomic mass is 16.7. The molecule has 0 fully saturated rings. The maximum absolute atomic E-state index is 11.8. The first-order chi connectivity index (χ1) is 10.5. The molecule has 0 aromatic heterocycles. The molecule has 0 unspecified atom stereocenters. The van der Waals surface area contributed by atoms with Crippen LogP contribution in [0.2, 0.25) is 0 Å². The highest BCUT2D eigenvalue weighted by Gasteiger charge is 2.22. The van der Waals surface area contributed by atoms with E-state index < -0.39 is 18.0 Å². The molecule has 3 N–H and O–H groups in total. The van der Waals surface area contributed by atoms with Gasteiger partial charge in [0, 0.05) is 18.7 Å². The molecule has 0 radical (unpaired) electrons. The summed E-state index contributed by atoms with van der Waals surface area (Å²) in [5.41, 5.74) is 0.268. The zero-order valence-electron chi connectivity index (χ0n) is 11.7. The van der Waals surface area contributed by atoms with Crippen molar-refractivity contribution in [3.8, 4) is 11.5 Å². The molecular formula is C13H14N2O7. The van der Waals surface area contributed by atoms with Crippen LogP contribution in [0, 0.1) is 0 Å². The van der Waals surface area contributed by atoms with Gasteiger partial charge in [-0.15, -0.1) is 0 Å². The van der Waals surface area contributed by atoms with Crippen LogP contribution in [0.4, 0.5) is 10.5 Å². The summed E-state index contributed by atoms with van der Waals surface area (Å²) in [6.07, 6.45) is -0.210. The third kappa shape index (κ3) is 3.57. The molecule has 9 heteroatoms. The average molecular weight is 310 g/mol. The number of anilines is 1. The van der Waals surface area contributed by atoms with Gasteiger partial charge in [-0.05, 0) is 0 Å². The lowest BCUT2D eigenvalue weighted by atomic mass is 10.1. The molecule has 1 aliphatic rings. The van der Waals surface area contributed by atoms with Crippen molar-refractivity contribution < 1.29 is 33.7 Å². The van der Waals surface area contributed by atoms with Crippen LogP contribution in [0.25, 0.3) is 0 Å². The van der Waals surface area contributed by atoms with Crippen molar-refractivity contribution in [1.29, 1.82) is 0 Å². The second-order valence-electron chi connectivity index (χ2n) is 4.27. The Morgan fingerprint density at radius 2 is 1.95 bits per heavy atom. The van der Waals surface area contributed by atoms with Gasteiger partial charge in [-0.3, -0.25) is 4.79 Å². The van der Waals surface area contributed by atoms with E-state index in [-0.39, 0.29) is 31.0 Å². The molecule has 0 aliphatic carbocycles. The summed E-state index contributed by atoms with van der Waals surface area (Å²) in [5.74, 6) is -0.927. The van der Waals surface area contributed by atoms with Gasteiger partial charge in [0.1, 0.15) is 0 Å².